The van der Waals surface area contributed by atoms with Crippen LogP contribution in [-0.2, 0) is 16.9 Å². The molecule has 2 aromatic rings. The van der Waals surface area contributed by atoms with Crippen molar-refractivity contribution in [1.82, 2.24) is 20.2 Å². The maximum atomic E-state index is 11.3. The Morgan fingerprint density at radius 2 is 2.10 bits per heavy atom. The molecule has 0 amide bonds. The normalized spacial score (nSPS) is 11.2. The van der Waals surface area contributed by atoms with E-state index < -0.39 is 11.5 Å². The second-order valence-corrected chi connectivity index (χ2v) is 4.84. The van der Waals surface area contributed by atoms with Gasteiger partial charge in [0.1, 0.15) is 18.1 Å². The first-order valence-corrected chi connectivity index (χ1v) is 6.23. The Morgan fingerprint density at radius 3 is 2.76 bits per heavy atom. The molecule has 2 rings (SSSR count). The number of methoxy groups -OCH3 is 1. The lowest BCUT2D eigenvalue weighted by atomic mass is 10.1. The van der Waals surface area contributed by atoms with E-state index in [-0.39, 0.29) is 6.61 Å². The van der Waals surface area contributed by atoms with Crippen molar-refractivity contribution in [3.05, 3.63) is 30.1 Å². The highest BCUT2D eigenvalue weighted by atomic mass is 16.5. The van der Waals surface area contributed by atoms with Gasteiger partial charge < -0.3 is 14.6 Å². The van der Waals surface area contributed by atoms with Crippen molar-refractivity contribution in [2.24, 2.45) is 0 Å². The molecule has 0 aliphatic carbocycles. The van der Waals surface area contributed by atoms with Gasteiger partial charge in [-0.25, -0.2) is 9.48 Å². The Kier molecular flexibility index (Phi) is 4.06. The fraction of sp³-hybridized carbons (Fsp3) is 0.385. The summed E-state index contributed by atoms with van der Waals surface area (Å²) in [5, 5.41) is 20.3. The molecule has 0 fully saturated rings. The molecular weight excluding hydrogens is 276 g/mol. The van der Waals surface area contributed by atoms with Crippen LogP contribution in [0, 0.1) is 0 Å². The molecule has 0 spiro atoms. The van der Waals surface area contributed by atoms with Gasteiger partial charge in [-0.05, 0) is 36.4 Å². The molecule has 8 heteroatoms. The van der Waals surface area contributed by atoms with Gasteiger partial charge in [-0.1, -0.05) is 6.07 Å². The SMILES string of the molecule is COc1cccc(OCc2nnnn2C(C)(C)C(=O)O)c1. The Labute approximate surface area is 121 Å². The molecule has 0 radical (unpaired) electrons. The summed E-state index contributed by atoms with van der Waals surface area (Å²) in [4.78, 5) is 11.3. The van der Waals surface area contributed by atoms with Gasteiger partial charge in [-0.3, -0.25) is 0 Å². The van der Waals surface area contributed by atoms with Crippen LogP contribution in [0.4, 0.5) is 0 Å². The highest BCUT2D eigenvalue weighted by Crippen LogP contribution is 2.21. The number of aliphatic carboxylic acids is 1. The Bertz CT molecular complexity index is 639. The second kappa shape index (κ2) is 5.78. The van der Waals surface area contributed by atoms with Gasteiger partial charge in [-0.2, -0.15) is 0 Å². The Morgan fingerprint density at radius 1 is 1.38 bits per heavy atom. The first-order valence-electron chi connectivity index (χ1n) is 6.23. The van der Waals surface area contributed by atoms with Gasteiger partial charge in [0, 0.05) is 6.07 Å². The van der Waals surface area contributed by atoms with E-state index in [0.29, 0.717) is 17.3 Å². The molecule has 0 bridgehead atoms. The number of tetrazole rings is 1. The van der Waals surface area contributed by atoms with Gasteiger partial charge in [0.2, 0.25) is 0 Å². The smallest absolute Gasteiger partial charge is 0.331 e. The number of ether oxygens (including phenoxy) is 2. The molecule has 1 aromatic heterocycles. The molecule has 0 saturated heterocycles. The number of carbonyl (C=O) groups is 1. The van der Waals surface area contributed by atoms with Crippen LogP contribution in [0.1, 0.15) is 19.7 Å². The van der Waals surface area contributed by atoms with Gasteiger partial charge in [0.05, 0.1) is 7.11 Å². The van der Waals surface area contributed by atoms with Gasteiger partial charge in [0.15, 0.2) is 11.4 Å². The maximum Gasteiger partial charge on any atom is 0.331 e. The fourth-order valence-corrected chi connectivity index (χ4v) is 1.66. The van der Waals surface area contributed by atoms with Crippen LogP contribution in [0.25, 0.3) is 0 Å². The lowest BCUT2D eigenvalue weighted by Gasteiger charge is -2.20. The summed E-state index contributed by atoms with van der Waals surface area (Å²) in [6, 6.07) is 7.07. The van der Waals surface area contributed by atoms with Gasteiger partial charge in [-0.15, -0.1) is 5.10 Å². The number of hydrogen-bond donors (Lipinski definition) is 1. The molecule has 112 valence electrons. The molecule has 21 heavy (non-hydrogen) atoms. The Balaban J connectivity index is 2.14. The molecule has 0 atom stereocenters. The third-order valence-electron chi connectivity index (χ3n) is 3.00. The van der Waals surface area contributed by atoms with Crippen LogP contribution in [0.2, 0.25) is 0 Å². The molecule has 0 unspecified atom stereocenters. The van der Waals surface area contributed by atoms with E-state index >= 15 is 0 Å². The summed E-state index contributed by atoms with van der Waals surface area (Å²) in [5.74, 6) is 0.539. The number of carboxylic acids is 1. The van der Waals surface area contributed by atoms with Crippen molar-refractivity contribution < 1.29 is 19.4 Å². The van der Waals surface area contributed by atoms with Crippen LogP contribution < -0.4 is 9.47 Å². The molecule has 8 nitrogen and oxygen atoms in total. The summed E-state index contributed by atoms with van der Waals surface area (Å²) >= 11 is 0. The minimum absolute atomic E-state index is 0.0525. The van der Waals surface area contributed by atoms with E-state index in [0.717, 1.165) is 0 Å². The fourth-order valence-electron chi connectivity index (χ4n) is 1.66. The monoisotopic (exact) mass is 292 g/mol. The zero-order valence-electron chi connectivity index (χ0n) is 12.0. The van der Waals surface area contributed by atoms with Crippen LogP contribution in [-0.4, -0.2) is 38.4 Å². The van der Waals surface area contributed by atoms with Crippen molar-refractivity contribution in [2.75, 3.05) is 7.11 Å². The van der Waals surface area contributed by atoms with E-state index in [1.807, 2.05) is 0 Å². The van der Waals surface area contributed by atoms with Gasteiger partial charge >= 0.3 is 5.97 Å². The first kappa shape index (κ1) is 14.8. The third-order valence-corrected chi connectivity index (χ3v) is 3.00. The summed E-state index contributed by atoms with van der Waals surface area (Å²) < 4.78 is 11.9. The van der Waals surface area contributed by atoms with Crippen molar-refractivity contribution in [3.8, 4) is 11.5 Å². The predicted octanol–water partition coefficient (Wildman–Crippen LogP) is 1.08. The molecule has 1 heterocycles. The average molecular weight is 292 g/mol. The van der Waals surface area contributed by atoms with Crippen molar-refractivity contribution in [3.63, 3.8) is 0 Å². The summed E-state index contributed by atoms with van der Waals surface area (Å²) in [6.07, 6.45) is 0. The van der Waals surface area contributed by atoms with Crippen molar-refractivity contribution in [1.29, 1.82) is 0 Å². The average Bonchev–Trinajstić information content (AvgIpc) is 2.94. The summed E-state index contributed by atoms with van der Waals surface area (Å²) in [5.41, 5.74) is -1.25. The number of aromatic nitrogens is 4. The highest BCUT2D eigenvalue weighted by molar-refractivity contribution is 5.75. The lowest BCUT2D eigenvalue weighted by molar-refractivity contribution is -0.146. The van der Waals surface area contributed by atoms with Crippen molar-refractivity contribution in [2.45, 2.75) is 26.0 Å². The van der Waals surface area contributed by atoms with Gasteiger partial charge in [0.25, 0.3) is 0 Å². The van der Waals surface area contributed by atoms with E-state index in [1.165, 1.54) is 18.5 Å². The molecule has 0 aliphatic heterocycles. The zero-order chi connectivity index (χ0) is 15.5. The minimum Gasteiger partial charge on any atom is -0.497 e. The second-order valence-electron chi connectivity index (χ2n) is 4.84. The van der Waals surface area contributed by atoms with E-state index in [4.69, 9.17) is 9.47 Å². The number of nitrogens with zero attached hydrogens (tertiary/aromatic N) is 4. The van der Waals surface area contributed by atoms with Crippen LogP contribution in [0.15, 0.2) is 24.3 Å². The molecule has 1 aromatic carbocycles. The van der Waals surface area contributed by atoms with E-state index in [9.17, 15) is 9.90 Å². The first-order chi connectivity index (χ1) is 9.95. The van der Waals surface area contributed by atoms with Crippen LogP contribution in [0.5, 0.6) is 11.5 Å². The summed E-state index contributed by atoms with van der Waals surface area (Å²) in [7, 11) is 1.56. The topological polar surface area (TPSA) is 99.4 Å². The minimum atomic E-state index is -1.25. The number of benzene rings is 1. The molecule has 0 aliphatic rings. The lowest BCUT2D eigenvalue weighted by Crippen LogP contribution is -2.38. The Hall–Kier alpha value is -2.64. The molecule has 1 N–H and O–H groups in total. The van der Waals surface area contributed by atoms with E-state index in [2.05, 4.69) is 15.5 Å². The predicted molar refractivity (Wildman–Crippen MR) is 72.1 cm³/mol. The number of hydrogen-bond acceptors (Lipinski definition) is 6. The standard InChI is InChI=1S/C13H16N4O4/c1-13(2,12(18)19)17-11(14-15-16-17)8-21-10-6-4-5-9(7-10)20-3/h4-7H,8H2,1-3H3,(H,18,19). The third kappa shape index (κ3) is 3.10. The van der Waals surface area contributed by atoms with Crippen LogP contribution >= 0.6 is 0 Å². The zero-order valence-corrected chi connectivity index (χ0v) is 12.0. The largest absolute Gasteiger partial charge is 0.497 e. The highest BCUT2D eigenvalue weighted by Gasteiger charge is 2.33. The van der Waals surface area contributed by atoms with Crippen LogP contribution in [0.3, 0.4) is 0 Å². The van der Waals surface area contributed by atoms with Crippen molar-refractivity contribution >= 4 is 5.97 Å². The molecule has 0 saturated carbocycles. The number of rotatable bonds is 6. The quantitative estimate of drug-likeness (QED) is 0.850. The number of carboxylic acid groups (broad SMARTS) is 1. The maximum absolute atomic E-state index is 11.3. The van der Waals surface area contributed by atoms with E-state index in [1.54, 1.807) is 31.4 Å². The molecular formula is C13H16N4O4. The summed E-state index contributed by atoms with van der Waals surface area (Å²) in [6.45, 7) is 3.08.